The summed E-state index contributed by atoms with van der Waals surface area (Å²) in [7, 11) is 0. The summed E-state index contributed by atoms with van der Waals surface area (Å²) in [5.41, 5.74) is 0. The molecule has 0 amide bonds. The van der Waals surface area contributed by atoms with E-state index in [4.69, 9.17) is 11.6 Å². The van der Waals surface area contributed by atoms with Crippen LogP contribution >= 0.6 is 11.6 Å². The van der Waals surface area contributed by atoms with Crippen molar-refractivity contribution in [2.75, 3.05) is 0 Å². The van der Waals surface area contributed by atoms with Crippen molar-refractivity contribution in [1.82, 2.24) is 0 Å². The molecule has 0 radical (unpaired) electrons. The summed E-state index contributed by atoms with van der Waals surface area (Å²) >= 11 is 6.42. The van der Waals surface area contributed by atoms with E-state index in [9.17, 15) is 0 Å². The number of halogens is 1. The van der Waals surface area contributed by atoms with Crippen LogP contribution in [0, 0.1) is 0 Å². The van der Waals surface area contributed by atoms with Crippen molar-refractivity contribution in [3.63, 3.8) is 0 Å². The first-order chi connectivity index (χ1) is 3.80. The summed E-state index contributed by atoms with van der Waals surface area (Å²) < 4.78 is 1.33. The molecule has 2 heteroatoms. The summed E-state index contributed by atoms with van der Waals surface area (Å²) in [6.07, 6.45) is 0. The first-order valence-electron chi connectivity index (χ1n) is 2.37. The second-order valence-corrected chi connectivity index (χ2v) is 4.96. The van der Waals surface area contributed by atoms with Gasteiger partial charge in [-0.25, -0.2) is 0 Å². The van der Waals surface area contributed by atoms with Gasteiger partial charge in [0.1, 0.15) is 0 Å². The van der Waals surface area contributed by atoms with Crippen LogP contribution < -0.4 is 3.07 Å². The fraction of sp³-hybridized carbons (Fsp3) is 0. The molecule has 0 saturated heterocycles. The van der Waals surface area contributed by atoms with Gasteiger partial charge < -0.3 is 0 Å². The zero-order valence-corrected chi connectivity index (χ0v) is 10.6. The fourth-order valence-corrected chi connectivity index (χ4v) is 1.62. The van der Waals surface area contributed by atoms with E-state index in [2.05, 4.69) is 6.07 Å². The molecule has 1 rings (SSSR count). The first-order valence-corrected chi connectivity index (χ1v) is 5.50. The molecule has 0 aliphatic rings. The average molecular weight is 312 g/mol. The van der Waals surface area contributed by atoms with Crippen molar-refractivity contribution in [1.29, 1.82) is 0 Å². The van der Waals surface area contributed by atoms with Gasteiger partial charge >= 0.3 is 70.1 Å². The monoisotopic (exact) mass is 313 g/mol. The second kappa shape index (κ2) is 2.83. The van der Waals surface area contributed by atoms with Gasteiger partial charge in [-0.1, -0.05) is 0 Å². The predicted molar refractivity (Wildman–Crippen MR) is 31.1 cm³/mol. The van der Waals surface area contributed by atoms with Crippen molar-refractivity contribution in [2.45, 2.75) is 0 Å². The molecule has 0 nitrogen and oxygen atoms in total. The summed E-state index contributed by atoms with van der Waals surface area (Å²) in [6, 6.07) is 7.99. The van der Waals surface area contributed by atoms with Crippen molar-refractivity contribution in [2.24, 2.45) is 0 Å². The van der Waals surface area contributed by atoms with E-state index in [1.807, 2.05) is 18.2 Å². The molecule has 0 saturated carbocycles. The molecule has 0 N–H and O–H groups in total. The molecular weight excluding hydrogens is 308 g/mol. The maximum absolute atomic E-state index is 5.76. The Morgan fingerprint density at radius 2 is 1.88 bits per heavy atom. The van der Waals surface area contributed by atoms with Gasteiger partial charge in [-0.2, -0.15) is 0 Å². The number of hydrogen-bond donors (Lipinski definition) is 0. The number of hydrogen-bond acceptors (Lipinski definition) is 0. The van der Waals surface area contributed by atoms with Gasteiger partial charge in [0.05, 0.1) is 0 Å². The Morgan fingerprint density at radius 1 is 1.25 bits per heavy atom. The SMILES string of the molecule is Clc1cccc[c]1[Hg]. The van der Waals surface area contributed by atoms with E-state index >= 15 is 0 Å². The van der Waals surface area contributed by atoms with E-state index in [0.29, 0.717) is 26.1 Å². The molecule has 0 aromatic heterocycles. The van der Waals surface area contributed by atoms with Crippen molar-refractivity contribution in [3.05, 3.63) is 29.3 Å². The molecule has 8 heavy (non-hydrogen) atoms. The van der Waals surface area contributed by atoms with Gasteiger partial charge in [-0.05, 0) is 0 Å². The van der Waals surface area contributed by atoms with Crippen LogP contribution in [0.15, 0.2) is 24.3 Å². The zero-order valence-electron chi connectivity index (χ0n) is 4.39. The van der Waals surface area contributed by atoms with E-state index < -0.39 is 0 Å². The van der Waals surface area contributed by atoms with Crippen LogP contribution in [-0.4, -0.2) is 0 Å². The fourth-order valence-electron chi connectivity index (χ4n) is 0.498. The molecule has 0 atom stereocenters. The maximum atomic E-state index is 5.76. The van der Waals surface area contributed by atoms with Crippen LogP contribution in [0.5, 0.6) is 0 Å². The average Bonchev–Trinajstić information content (AvgIpc) is 1.77. The van der Waals surface area contributed by atoms with Gasteiger partial charge in [0.25, 0.3) is 0 Å². The van der Waals surface area contributed by atoms with Crippen LogP contribution in [0.4, 0.5) is 0 Å². The van der Waals surface area contributed by atoms with Crippen LogP contribution in [0.1, 0.15) is 0 Å². The van der Waals surface area contributed by atoms with E-state index in [-0.39, 0.29) is 0 Å². The Kier molecular flexibility index (Phi) is 2.33. The molecule has 0 spiro atoms. The van der Waals surface area contributed by atoms with E-state index in [1.54, 1.807) is 0 Å². The van der Waals surface area contributed by atoms with Crippen LogP contribution in [0.25, 0.3) is 0 Å². The number of benzene rings is 1. The second-order valence-electron chi connectivity index (χ2n) is 1.59. The standard InChI is InChI=1S/C6H4Cl.Hg/c7-6-4-2-1-3-5-6;/h1-4H;. The molecule has 0 aliphatic carbocycles. The summed E-state index contributed by atoms with van der Waals surface area (Å²) in [5, 5.41) is 0.927. The van der Waals surface area contributed by atoms with Gasteiger partial charge in [0.2, 0.25) is 0 Å². The third-order valence-corrected chi connectivity index (χ3v) is 4.59. The third-order valence-electron chi connectivity index (χ3n) is 0.958. The van der Waals surface area contributed by atoms with Crippen molar-refractivity contribution < 1.29 is 26.1 Å². The Bertz CT molecular complexity index is 165. The molecular formula is C6H4ClHg. The molecule has 1 aromatic rings. The predicted octanol–water partition coefficient (Wildman–Crippen LogP) is 1.51. The minimum atomic E-state index is 0.666. The molecule has 0 unspecified atom stereocenters. The van der Waals surface area contributed by atoms with Crippen LogP contribution in [-0.2, 0) is 26.1 Å². The van der Waals surface area contributed by atoms with Crippen molar-refractivity contribution >= 4 is 14.7 Å². The summed E-state index contributed by atoms with van der Waals surface area (Å²) in [5.74, 6) is 0. The van der Waals surface area contributed by atoms with Gasteiger partial charge in [0, 0.05) is 0 Å². The Labute approximate surface area is 69.8 Å². The number of rotatable bonds is 0. The normalized spacial score (nSPS) is 9.38. The van der Waals surface area contributed by atoms with E-state index in [1.165, 1.54) is 3.07 Å². The molecule has 0 aliphatic heterocycles. The Balaban J connectivity index is 3.13. The molecule has 0 bridgehead atoms. The Hall–Kier alpha value is 0.445. The van der Waals surface area contributed by atoms with Crippen LogP contribution in [0.3, 0.4) is 0 Å². The van der Waals surface area contributed by atoms with Gasteiger partial charge in [-0.15, -0.1) is 0 Å². The zero-order chi connectivity index (χ0) is 5.98. The quantitative estimate of drug-likeness (QED) is 0.637. The molecule has 37 valence electrons. The minimum absolute atomic E-state index is 0.666. The topological polar surface area (TPSA) is 0 Å². The van der Waals surface area contributed by atoms with E-state index in [0.717, 1.165) is 5.02 Å². The first kappa shape index (κ1) is 6.56. The Morgan fingerprint density at radius 3 is 2.25 bits per heavy atom. The van der Waals surface area contributed by atoms with Gasteiger partial charge in [0.15, 0.2) is 0 Å². The summed E-state index contributed by atoms with van der Waals surface area (Å²) in [6.45, 7) is 0. The van der Waals surface area contributed by atoms with Crippen LogP contribution in [0.2, 0.25) is 5.02 Å². The third kappa shape index (κ3) is 1.46. The van der Waals surface area contributed by atoms with Crippen molar-refractivity contribution in [3.8, 4) is 0 Å². The molecule has 0 fully saturated rings. The summed E-state index contributed by atoms with van der Waals surface area (Å²) in [4.78, 5) is 0. The molecule has 0 heterocycles. The molecule has 1 aromatic carbocycles. The van der Waals surface area contributed by atoms with Gasteiger partial charge in [-0.3, -0.25) is 0 Å².